The molecule has 0 saturated carbocycles. The smallest absolute Gasteiger partial charge is 0.271 e. The Morgan fingerprint density at radius 2 is 1.97 bits per heavy atom. The first-order valence-electron chi connectivity index (χ1n) is 9.79. The SMILES string of the molecule is COc1ccc(C2C3=C(CCCC3=O)N=c3sc(=Cc4ccccn4)c(=O)n32)cc1. The van der Waals surface area contributed by atoms with Crippen molar-refractivity contribution in [2.75, 3.05) is 7.11 Å². The third-order valence-electron chi connectivity index (χ3n) is 5.43. The molecule has 0 radical (unpaired) electrons. The second kappa shape index (κ2) is 7.50. The van der Waals surface area contributed by atoms with Gasteiger partial charge in [0.25, 0.3) is 5.56 Å². The summed E-state index contributed by atoms with van der Waals surface area (Å²) in [6, 6.07) is 12.6. The average molecular weight is 417 g/mol. The van der Waals surface area contributed by atoms with E-state index in [1.807, 2.05) is 42.5 Å². The number of hydrogen-bond acceptors (Lipinski definition) is 6. The molecule has 0 bridgehead atoms. The number of hydrogen-bond donors (Lipinski definition) is 0. The maximum absolute atomic E-state index is 13.4. The average Bonchev–Trinajstić information content (AvgIpc) is 3.08. The van der Waals surface area contributed by atoms with Crippen molar-refractivity contribution in [3.63, 3.8) is 0 Å². The Labute approximate surface area is 176 Å². The number of pyridine rings is 1. The number of Topliss-reactive ketones (excluding diaryl/α,β-unsaturated/α-hetero) is 1. The molecule has 7 heteroatoms. The number of nitrogens with zero attached hydrogens (tertiary/aromatic N) is 3. The topological polar surface area (TPSA) is 73.6 Å². The maximum Gasteiger partial charge on any atom is 0.271 e. The molecule has 30 heavy (non-hydrogen) atoms. The minimum atomic E-state index is -0.471. The quantitative estimate of drug-likeness (QED) is 0.656. The van der Waals surface area contributed by atoms with Gasteiger partial charge in [-0.15, -0.1) is 0 Å². The number of carbonyl (C=O) groups is 1. The van der Waals surface area contributed by atoms with E-state index >= 15 is 0 Å². The molecule has 3 aromatic rings. The Hall–Kier alpha value is -3.32. The fraction of sp³-hybridized carbons (Fsp3) is 0.217. The van der Waals surface area contributed by atoms with E-state index in [0.29, 0.717) is 27.0 Å². The lowest BCUT2D eigenvalue weighted by Crippen LogP contribution is -2.40. The van der Waals surface area contributed by atoms with E-state index in [0.717, 1.165) is 29.9 Å². The van der Waals surface area contributed by atoms with Crippen LogP contribution in [0.2, 0.25) is 0 Å². The molecule has 2 aromatic heterocycles. The van der Waals surface area contributed by atoms with E-state index in [1.165, 1.54) is 11.3 Å². The third-order valence-corrected chi connectivity index (χ3v) is 6.41. The van der Waals surface area contributed by atoms with Crippen molar-refractivity contribution in [3.8, 4) is 5.75 Å². The van der Waals surface area contributed by atoms with Gasteiger partial charge in [-0.3, -0.25) is 19.1 Å². The van der Waals surface area contributed by atoms with Crippen molar-refractivity contribution in [1.82, 2.24) is 9.55 Å². The third kappa shape index (κ3) is 3.11. The Balaban J connectivity index is 1.75. The Morgan fingerprint density at radius 3 is 2.70 bits per heavy atom. The fourth-order valence-electron chi connectivity index (χ4n) is 4.01. The summed E-state index contributed by atoms with van der Waals surface area (Å²) < 4.78 is 7.48. The molecular formula is C23H19N3O3S. The molecule has 1 atom stereocenters. The minimum absolute atomic E-state index is 0.0693. The lowest BCUT2D eigenvalue weighted by atomic mass is 9.86. The van der Waals surface area contributed by atoms with Gasteiger partial charge in [-0.05, 0) is 48.7 Å². The standard InChI is InChI=1S/C23H19N3O3S/c1-29-16-10-8-14(9-11-16)21-20-17(6-4-7-18(20)27)25-23-26(21)22(28)19(30-23)13-15-5-2-3-12-24-15/h2-3,5,8-13,21H,4,6-7H2,1H3. The van der Waals surface area contributed by atoms with E-state index in [4.69, 9.17) is 9.73 Å². The van der Waals surface area contributed by atoms with Crippen LogP contribution in [0.3, 0.4) is 0 Å². The zero-order chi connectivity index (χ0) is 20.7. The van der Waals surface area contributed by atoms with Gasteiger partial charge in [0.05, 0.1) is 29.1 Å². The van der Waals surface area contributed by atoms with Crippen LogP contribution in [0.5, 0.6) is 5.75 Å². The molecule has 1 aliphatic carbocycles. The van der Waals surface area contributed by atoms with Crippen LogP contribution in [0.4, 0.5) is 0 Å². The highest BCUT2D eigenvalue weighted by Gasteiger charge is 2.34. The highest BCUT2D eigenvalue weighted by atomic mass is 32.1. The molecule has 1 aromatic carbocycles. The summed E-state index contributed by atoms with van der Waals surface area (Å²) in [7, 11) is 1.61. The number of benzene rings is 1. The van der Waals surface area contributed by atoms with Crippen LogP contribution in [-0.2, 0) is 4.79 Å². The van der Waals surface area contributed by atoms with Gasteiger partial charge in [0.15, 0.2) is 10.6 Å². The maximum atomic E-state index is 13.4. The van der Waals surface area contributed by atoms with Gasteiger partial charge in [-0.2, -0.15) is 0 Å². The van der Waals surface area contributed by atoms with Crippen molar-refractivity contribution in [2.45, 2.75) is 25.3 Å². The monoisotopic (exact) mass is 417 g/mol. The summed E-state index contributed by atoms with van der Waals surface area (Å²) >= 11 is 1.34. The van der Waals surface area contributed by atoms with Crippen LogP contribution in [0, 0.1) is 0 Å². The van der Waals surface area contributed by atoms with Crippen molar-refractivity contribution < 1.29 is 9.53 Å². The Bertz CT molecular complexity index is 1340. The van der Waals surface area contributed by atoms with Crippen LogP contribution in [0.25, 0.3) is 6.08 Å². The van der Waals surface area contributed by atoms with Crippen molar-refractivity contribution in [3.05, 3.63) is 90.9 Å². The normalized spacial score (nSPS) is 18.6. The van der Waals surface area contributed by atoms with Gasteiger partial charge in [0.2, 0.25) is 0 Å². The highest BCUT2D eigenvalue weighted by molar-refractivity contribution is 7.07. The van der Waals surface area contributed by atoms with E-state index < -0.39 is 6.04 Å². The van der Waals surface area contributed by atoms with Crippen LogP contribution in [-0.4, -0.2) is 22.4 Å². The molecule has 0 spiro atoms. The van der Waals surface area contributed by atoms with Gasteiger partial charge in [0, 0.05) is 18.2 Å². The van der Waals surface area contributed by atoms with Gasteiger partial charge in [-0.1, -0.05) is 29.5 Å². The summed E-state index contributed by atoms with van der Waals surface area (Å²) in [6.45, 7) is 0. The molecule has 0 saturated heterocycles. The predicted octanol–water partition coefficient (Wildman–Crippen LogP) is 2.37. The van der Waals surface area contributed by atoms with Crippen molar-refractivity contribution in [1.29, 1.82) is 0 Å². The first kappa shape index (κ1) is 18.7. The summed E-state index contributed by atoms with van der Waals surface area (Å²) in [5, 5.41) is 0. The van der Waals surface area contributed by atoms with Gasteiger partial charge >= 0.3 is 0 Å². The first-order chi connectivity index (χ1) is 14.7. The van der Waals surface area contributed by atoms with Gasteiger partial charge in [0.1, 0.15) is 5.75 Å². The number of rotatable bonds is 3. The largest absolute Gasteiger partial charge is 0.497 e. The number of ketones is 1. The summed E-state index contributed by atoms with van der Waals surface area (Å²) in [4.78, 5) is 35.9. The molecule has 0 N–H and O–H groups in total. The fourth-order valence-corrected chi connectivity index (χ4v) is 5.01. The Morgan fingerprint density at radius 1 is 1.13 bits per heavy atom. The number of aromatic nitrogens is 2. The number of fused-ring (bicyclic) bond motifs is 1. The van der Waals surface area contributed by atoms with Crippen LogP contribution in [0.1, 0.15) is 36.6 Å². The number of allylic oxidation sites excluding steroid dienone is 2. The molecular weight excluding hydrogens is 398 g/mol. The summed E-state index contributed by atoms with van der Waals surface area (Å²) in [5.41, 5.74) is 2.87. The lowest BCUT2D eigenvalue weighted by molar-refractivity contribution is -0.116. The molecule has 2 aliphatic rings. The van der Waals surface area contributed by atoms with Gasteiger partial charge < -0.3 is 4.74 Å². The molecule has 150 valence electrons. The molecule has 6 nitrogen and oxygen atoms in total. The number of thiazole rings is 1. The molecule has 0 fully saturated rings. The number of carbonyl (C=O) groups excluding carboxylic acids is 1. The second-order valence-electron chi connectivity index (χ2n) is 7.25. The van der Waals surface area contributed by atoms with E-state index in [-0.39, 0.29) is 11.3 Å². The predicted molar refractivity (Wildman–Crippen MR) is 114 cm³/mol. The van der Waals surface area contributed by atoms with Crippen molar-refractivity contribution in [2.24, 2.45) is 4.99 Å². The van der Waals surface area contributed by atoms with E-state index in [9.17, 15) is 9.59 Å². The second-order valence-corrected chi connectivity index (χ2v) is 8.26. The van der Waals surface area contributed by atoms with Crippen LogP contribution < -0.4 is 19.6 Å². The zero-order valence-electron chi connectivity index (χ0n) is 16.4. The summed E-state index contributed by atoms with van der Waals surface area (Å²) in [5.74, 6) is 0.797. The first-order valence-corrected chi connectivity index (χ1v) is 10.6. The van der Waals surface area contributed by atoms with E-state index in [2.05, 4.69) is 4.98 Å². The van der Waals surface area contributed by atoms with Gasteiger partial charge in [-0.25, -0.2) is 4.99 Å². The minimum Gasteiger partial charge on any atom is -0.497 e. The lowest BCUT2D eigenvalue weighted by Gasteiger charge is -2.28. The number of methoxy groups -OCH3 is 1. The molecule has 0 amide bonds. The molecule has 3 heterocycles. The zero-order valence-corrected chi connectivity index (χ0v) is 17.2. The summed E-state index contributed by atoms with van der Waals surface area (Å²) in [6.07, 6.45) is 5.50. The molecule has 1 unspecified atom stereocenters. The number of ether oxygens (including phenoxy) is 1. The molecule has 1 aliphatic heterocycles. The molecule has 5 rings (SSSR count). The van der Waals surface area contributed by atoms with E-state index in [1.54, 1.807) is 23.9 Å². The van der Waals surface area contributed by atoms with Crippen LogP contribution in [0.15, 0.2) is 69.7 Å². The van der Waals surface area contributed by atoms with Crippen molar-refractivity contribution >= 4 is 23.2 Å². The van der Waals surface area contributed by atoms with Crippen LogP contribution >= 0.6 is 11.3 Å². The Kier molecular flexibility index (Phi) is 4.67. The highest BCUT2D eigenvalue weighted by Crippen LogP contribution is 2.36.